The fourth-order valence-electron chi connectivity index (χ4n) is 2.47. The van der Waals surface area contributed by atoms with Crippen LogP contribution in [0.5, 0.6) is 0 Å². The number of hydrogen-bond acceptors (Lipinski definition) is 5. The lowest BCUT2D eigenvalue weighted by Gasteiger charge is -2.14. The van der Waals surface area contributed by atoms with Crippen LogP contribution < -0.4 is 5.32 Å². The van der Waals surface area contributed by atoms with Gasteiger partial charge in [0.2, 0.25) is 0 Å². The van der Waals surface area contributed by atoms with Gasteiger partial charge in [-0.05, 0) is 18.6 Å². The molecule has 1 unspecified atom stereocenters. The van der Waals surface area contributed by atoms with E-state index in [4.69, 9.17) is 0 Å². The largest absolute Gasteiger partial charge is 0.478 e. The van der Waals surface area contributed by atoms with Gasteiger partial charge in [-0.1, -0.05) is 0 Å². The Morgan fingerprint density at radius 3 is 3.15 bits per heavy atom. The lowest BCUT2D eigenvalue weighted by atomic mass is 10.1. The Labute approximate surface area is 120 Å². The summed E-state index contributed by atoms with van der Waals surface area (Å²) in [4.78, 5) is 15.5. The van der Waals surface area contributed by atoms with Crippen LogP contribution in [0.2, 0.25) is 0 Å². The molecule has 1 aliphatic heterocycles. The van der Waals surface area contributed by atoms with Crippen molar-refractivity contribution in [3.8, 4) is 0 Å². The second kappa shape index (κ2) is 5.32. The van der Waals surface area contributed by atoms with Crippen LogP contribution in [-0.4, -0.2) is 43.4 Å². The molecule has 20 heavy (non-hydrogen) atoms. The standard InChI is InChI=1S/C13H16N4O2S/c1-17-12-9(7-16-17)11(10(6-15-12)13(18)19)14-5-8-3-2-4-20-8/h6-8H,2-5H2,1H3,(H,14,15)(H,18,19). The minimum atomic E-state index is -0.968. The minimum absolute atomic E-state index is 0.202. The van der Waals surface area contributed by atoms with Gasteiger partial charge in [0.25, 0.3) is 0 Å². The van der Waals surface area contributed by atoms with Crippen LogP contribution in [0, 0.1) is 0 Å². The van der Waals surface area contributed by atoms with E-state index in [1.54, 1.807) is 17.9 Å². The summed E-state index contributed by atoms with van der Waals surface area (Å²) in [6.07, 6.45) is 5.48. The van der Waals surface area contributed by atoms with Gasteiger partial charge >= 0.3 is 5.97 Å². The smallest absolute Gasteiger partial charge is 0.339 e. The topological polar surface area (TPSA) is 80.0 Å². The molecule has 0 amide bonds. The SMILES string of the molecule is Cn1ncc2c(NCC3CCCS3)c(C(=O)O)cnc21. The normalized spacial score (nSPS) is 18.6. The van der Waals surface area contributed by atoms with Crippen LogP contribution in [0.25, 0.3) is 11.0 Å². The first kappa shape index (κ1) is 13.2. The molecule has 1 aliphatic rings. The first-order valence-electron chi connectivity index (χ1n) is 6.56. The quantitative estimate of drug-likeness (QED) is 0.897. The molecule has 0 spiro atoms. The molecule has 0 radical (unpaired) electrons. The number of carbonyl (C=O) groups is 1. The third-order valence-electron chi connectivity index (χ3n) is 3.52. The molecule has 0 saturated carbocycles. The predicted molar refractivity (Wildman–Crippen MR) is 79.4 cm³/mol. The molecule has 2 aromatic rings. The number of carboxylic acid groups (broad SMARTS) is 1. The molecule has 0 aromatic carbocycles. The summed E-state index contributed by atoms with van der Waals surface area (Å²) in [7, 11) is 1.80. The molecule has 1 fully saturated rings. The van der Waals surface area contributed by atoms with Crippen LogP contribution in [0.15, 0.2) is 12.4 Å². The highest BCUT2D eigenvalue weighted by Crippen LogP contribution is 2.29. The zero-order chi connectivity index (χ0) is 14.1. The number of aryl methyl sites for hydroxylation is 1. The molecule has 0 aliphatic carbocycles. The number of aromatic carboxylic acids is 1. The molecule has 1 atom stereocenters. The lowest BCUT2D eigenvalue weighted by Crippen LogP contribution is -2.16. The van der Waals surface area contributed by atoms with E-state index in [1.807, 2.05) is 11.8 Å². The van der Waals surface area contributed by atoms with E-state index in [1.165, 1.54) is 24.8 Å². The second-order valence-corrected chi connectivity index (χ2v) is 6.28. The van der Waals surface area contributed by atoms with Crippen LogP contribution in [0.1, 0.15) is 23.2 Å². The summed E-state index contributed by atoms with van der Waals surface area (Å²) < 4.78 is 1.65. The number of thioether (sulfide) groups is 1. The first-order valence-corrected chi connectivity index (χ1v) is 7.61. The molecule has 3 rings (SSSR count). The van der Waals surface area contributed by atoms with Gasteiger partial charge in [0, 0.05) is 25.0 Å². The van der Waals surface area contributed by atoms with E-state index in [0.717, 1.165) is 11.9 Å². The Hall–Kier alpha value is -1.76. The second-order valence-electron chi connectivity index (χ2n) is 4.87. The summed E-state index contributed by atoms with van der Waals surface area (Å²) in [5.74, 6) is 0.224. The molecule has 2 aromatic heterocycles. The number of aromatic nitrogens is 3. The number of anilines is 1. The minimum Gasteiger partial charge on any atom is -0.478 e. The molecular formula is C13H16N4O2S. The number of fused-ring (bicyclic) bond motifs is 1. The van der Waals surface area contributed by atoms with E-state index in [0.29, 0.717) is 16.6 Å². The average Bonchev–Trinajstić information content (AvgIpc) is 3.06. The van der Waals surface area contributed by atoms with E-state index in [9.17, 15) is 9.90 Å². The van der Waals surface area contributed by atoms with E-state index >= 15 is 0 Å². The fourth-order valence-corrected chi connectivity index (χ4v) is 3.67. The Balaban J connectivity index is 1.96. The maximum Gasteiger partial charge on any atom is 0.339 e. The van der Waals surface area contributed by atoms with Gasteiger partial charge in [-0.3, -0.25) is 4.68 Å². The average molecular weight is 292 g/mol. The van der Waals surface area contributed by atoms with E-state index < -0.39 is 5.97 Å². The van der Waals surface area contributed by atoms with Crippen molar-refractivity contribution >= 4 is 34.5 Å². The van der Waals surface area contributed by atoms with Crippen LogP contribution in [-0.2, 0) is 7.05 Å². The van der Waals surface area contributed by atoms with Crippen LogP contribution in [0.4, 0.5) is 5.69 Å². The third-order valence-corrected chi connectivity index (χ3v) is 4.92. The van der Waals surface area contributed by atoms with Crippen molar-refractivity contribution in [3.63, 3.8) is 0 Å². The van der Waals surface area contributed by atoms with Crippen LogP contribution >= 0.6 is 11.8 Å². The fraction of sp³-hybridized carbons (Fsp3) is 0.462. The molecule has 3 heterocycles. The molecule has 0 bridgehead atoms. The van der Waals surface area contributed by atoms with Crippen molar-refractivity contribution in [2.24, 2.45) is 7.05 Å². The molecule has 2 N–H and O–H groups in total. The highest BCUT2D eigenvalue weighted by Gasteiger charge is 2.20. The maximum atomic E-state index is 11.4. The van der Waals surface area contributed by atoms with E-state index in [2.05, 4.69) is 15.4 Å². The molecule has 106 valence electrons. The van der Waals surface area contributed by atoms with Crippen molar-refractivity contribution in [1.82, 2.24) is 14.8 Å². The maximum absolute atomic E-state index is 11.4. The number of nitrogens with zero attached hydrogens (tertiary/aromatic N) is 3. The Morgan fingerprint density at radius 1 is 1.60 bits per heavy atom. The van der Waals surface area contributed by atoms with Crippen LogP contribution in [0.3, 0.4) is 0 Å². The van der Waals surface area contributed by atoms with E-state index in [-0.39, 0.29) is 5.56 Å². The van der Waals surface area contributed by atoms with Crippen molar-refractivity contribution in [2.45, 2.75) is 18.1 Å². The zero-order valence-electron chi connectivity index (χ0n) is 11.2. The molecule has 1 saturated heterocycles. The van der Waals surface area contributed by atoms with Gasteiger partial charge in [-0.15, -0.1) is 0 Å². The zero-order valence-corrected chi connectivity index (χ0v) is 12.0. The monoisotopic (exact) mass is 292 g/mol. The Kier molecular flexibility index (Phi) is 3.52. The number of pyridine rings is 1. The summed E-state index contributed by atoms with van der Waals surface area (Å²) in [5, 5.41) is 18.1. The highest BCUT2D eigenvalue weighted by molar-refractivity contribution is 8.00. The highest BCUT2D eigenvalue weighted by atomic mass is 32.2. The van der Waals surface area contributed by atoms with Gasteiger partial charge < -0.3 is 10.4 Å². The number of carboxylic acids is 1. The molecule has 6 nitrogen and oxygen atoms in total. The predicted octanol–water partition coefficient (Wildman–Crippen LogP) is 1.97. The van der Waals surface area contributed by atoms with Gasteiger partial charge in [-0.2, -0.15) is 16.9 Å². The number of hydrogen-bond donors (Lipinski definition) is 2. The molecular weight excluding hydrogens is 276 g/mol. The lowest BCUT2D eigenvalue weighted by molar-refractivity contribution is 0.0697. The summed E-state index contributed by atoms with van der Waals surface area (Å²) in [6, 6.07) is 0. The first-order chi connectivity index (χ1) is 9.66. The van der Waals surface area contributed by atoms with Crippen molar-refractivity contribution in [1.29, 1.82) is 0 Å². The Bertz CT molecular complexity index is 649. The van der Waals surface area contributed by atoms with Gasteiger partial charge in [-0.25, -0.2) is 9.78 Å². The summed E-state index contributed by atoms with van der Waals surface area (Å²) >= 11 is 1.94. The van der Waals surface area contributed by atoms with Crippen molar-refractivity contribution in [2.75, 3.05) is 17.6 Å². The molecule has 7 heteroatoms. The summed E-state index contributed by atoms with van der Waals surface area (Å²) in [5.41, 5.74) is 1.52. The number of nitrogens with one attached hydrogen (secondary N) is 1. The van der Waals surface area contributed by atoms with Crippen molar-refractivity contribution in [3.05, 3.63) is 18.0 Å². The number of rotatable bonds is 4. The third kappa shape index (κ3) is 2.33. The summed E-state index contributed by atoms with van der Waals surface area (Å²) in [6.45, 7) is 0.777. The van der Waals surface area contributed by atoms with Gasteiger partial charge in [0.15, 0.2) is 5.65 Å². The van der Waals surface area contributed by atoms with Crippen molar-refractivity contribution < 1.29 is 9.90 Å². The van der Waals surface area contributed by atoms with Gasteiger partial charge in [0.1, 0.15) is 5.56 Å². The van der Waals surface area contributed by atoms with Gasteiger partial charge in [0.05, 0.1) is 17.3 Å². The Morgan fingerprint density at radius 2 is 2.45 bits per heavy atom.